The zero-order chi connectivity index (χ0) is 4.41. The van der Waals surface area contributed by atoms with E-state index in [0.29, 0.717) is 0 Å². The zero-order valence-electron chi connectivity index (χ0n) is 3.14. The number of hydrogen-bond acceptors (Lipinski definition) is 1. The second-order valence-electron chi connectivity index (χ2n) is 1.01. The third-order valence-electron chi connectivity index (χ3n) is 0.521. The van der Waals surface area contributed by atoms with Gasteiger partial charge in [-0.05, 0) is 0 Å². The van der Waals surface area contributed by atoms with Crippen molar-refractivity contribution < 1.29 is 4.42 Å². The Morgan fingerprint density at radius 3 is 2.67 bits per heavy atom. The van der Waals surface area contributed by atoms with Crippen LogP contribution in [-0.4, -0.2) is 22.5 Å². The molecule has 0 bridgehead atoms. The van der Waals surface area contributed by atoms with E-state index in [1.807, 2.05) is 6.07 Å². The Balaban J connectivity index is 3.05. The molecule has 0 amide bonds. The van der Waals surface area contributed by atoms with Gasteiger partial charge >= 0.3 is 49.1 Å². The van der Waals surface area contributed by atoms with E-state index in [2.05, 4.69) is 0 Å². The summed E-state index contributed by atoms with van der Waals surface area (Å²) in [5.41, 5.74) is 0. The van der Waals surface area contributed by atoms with Crippen LogP contribution < -0.4 is 3.58 Å². The molecule has 1 aromatic rings. The van der Waals surface area contributed by atoms with Gasteiger partial charge in [-0.25, -0.2) is 0 Å². The van der Waals surface area contributed by atoms with E-state index >= 15 is 0 Å². The molecule has 0 saturated heterocycles. The van der Waals surface area contributed by atoms with Gasteiger partial charge in [0.2, 0.25) is 0 Å². The summed E-state index contributed by atoms with van der Waals surface area (Å²) in [6.07, 6.45) is 3.43. The van der Waals surface area contributed by atoms with Crippen molar-refractivity contribution in [2.24, 2.45) is 0 Å². The number of furan rings is 1. The van der Waals surface area contributed by atoms with Crippen molar-refractivity contribution in [1.29, 1.82) is 0 Å². The fraction of sp³-hybridized carbons (Fsp3) is 0. The maximum atomic E-state index is 4.74. The Labute approximate surface area is 49.4 Å². The van der Waals surface area contributed by atoms with E-state index in [1.54, 1.807) is 12.5 Å². The first-order chi connectivity index (χ1) is 2.89. The molecule has 0 atom stereocenters. The minimum atomic E-state index is 1.27. The number of hydrogen-bond donors (Lipinski definition) is 0. The van der Waals surface area contributed by atoms with E-state index < -0.39 is 0 Å². The Bertz CT molecular complexity index is 111. The van der Waals surface area contributed by atoms with Crippen LogP contribution in [0, 0.1) is 0 Å². The average molecular weight is 186 g/mol. The Morgan fingerprint density at radius 1 is 1.67 bits per heavy atom. The van der Waals surface area contributed by atoms with Crippen molar-refractivity contribution >= 4 is 26.1 Å². The first-order valence-electron chi connectivity index (χ1n) is 1.63. The van der Waals surface area contributed by atoms with Crippen molar-refractivity contribution in [1.82, 2.24) is 0 Å². The second-order valence-corrected chi connectivity index (χ2v) is 2.66. The standard InChI is InChI=1S/C4H3O.Sn/c1-2-4-5-3-1;/h1,3-4H;. The summed E-state index contributed by atoms with van der Waals surface area (Å²) in [5.74, 6) is 0. The molecule has 2 heteroatoms. The number of rotatable bonds is 0. The summed E-state index contributed by atoms with van der Waals surface area (Å²) in [6.45, 7) is 0. The molecule has 0 aromatic carbocycles. The van der Waals surface area contributed by atoms with E-state index in [1.165, 1.54) is 26.1 Å². The van der Waals surface area contributed by atoms with E-state index in [4.69, 9.17) is 4.42 Å². The monoisotopic (exact) mass is 187 g/mol. The van der Waals surface area contributed by atoms with Crippen molar-refractivity contribution in [3.63, 3.8) is 0 Å². The van der Waals surface area contributed by atoms with Crippen LogP contribution in [-0.2, 0) is 0 Å². The fourth-order valence-corrected chi connectivity index (χ4v) is 0.653. The van der Waals surface area contributed by atoms with Gasteiger partial charge in [-0.3, -0.25) is 0 Å². The molecule has 0 saturated carbocycles. The zero-order valence-corrected chi connectivity index (χ0v) is 5.99. The summed E-state index contributed by atoms with van der Waals surface area (Å²) in [6, 6.07) is 1.96. The maximum absolute atomic E-state index is 4.74. The quantitative estimate of drug-likeness (QED) is 0.522. The molecule has 0 aliphatic carbocycles. The molecule has 0 unspecified atom stereocenters. The van der Waals surface area contributed by atoms with Gasteiger partial charge in [-0.15, -0.1) is 0 Å². The molecule has 0 aliphatic heterocycles. The van der Waals surface area contributed by atoms with E-state index in [0.717, 1.165) is 0 Å². The fourth-order valence-electron chi connectivity index (χ4n) is 0.264. The molecule has 0 aliphatic rings. The molecule has 0 N–H and O–H groups in total. The molecule has 3 radical (unpaired) electrons. The molecule has 0 fully saturated rings. The van der Waals surface area contributed by atoms with E-state index in [-0.39, 0.29) is 0 Å². The van der Waals surface area contributed by atoms with Crippen LogP contribution in [0.4, 0.5) is 0 Å². The Kier molecular flexibility index (Phi) is 1.19. The van der Waals surface area contributed by atoms with Gasteiger partial charge in [-0.2, -0.15) is 0 Å². The van der Waals surface area contributed by atoms with Crippen LogP contribution in [0.15, 0.2) is 23.0 Å². The predicted octanol–water partition coefficient (Wildman–Crippen LogP) is 0.0734. The summed E-state index contributed by atoms with van der Waals surface area (Å²) in [4.78, 5) is 0. The van der Waals surface area contributed by atoms with Crippen LogP contribution in [0.25, 0.3) is 0 Å². The minimum absolute atomic E-state index is 1.27. The van der Waals surface area contributed by atoms with Gasteiger partial charge in [0.25, 0.3) is 0 Å². The van der Waals surface area contributed by atoms with Crippen LogP contribution in [0.3, 0.4) is 0 Å². The second kappa shape index (κ2) is 1.69. The van der Waals surface area contributed by atoms with Crippen LogP contribution in [0.1, 0.15) is 0 Å². The molecule has 1 heterocycles. The molecule has 1 rings (SSSR count). The average Bonchev–Trinajstić information content (AvgIpc) is 1.86. The van der Waals surface area contributed by atoms with Crippen LogP contribution >= 0.6 is 0 Å². The van der Waals surface area contributed by atoms with Crippen molar-refractivity contribution in [2.45, 2.75) is 0 Å². The predicted molar refractivity (Wildman–Crippen MR) is 24.1 cm³/mol. The van der Waals surface area contributed by atoms with E-state index in [9.17, 15) is 0 Å². The van der Waals surface area contributed by atoms with Crippen molar-refractivity contribution in [3.05, 3.63) is 18.6 Å². The van der Waals surface area contributed by atoms with Gasteiger partial charge in [0.1, 0.15) is 0 Å². The molecule has 1 nitrogen and oxygen atoms in total. The SMILES string of the molecule is [Sn][c]1ccoc1. The summed E-state index contributed by atoms with van der Waals surface area (Å²) in [7, 11) is 0. The Morgan fingerprint density at radius 2 is 2.50 bits per heavy atom. The first kappa shape index (κ1) is 4.24. The molecule has 6 heavy (non-hydrogen) atoms. The third-order valence-corrected chi connectivity index (χ3v) is 1.33. The Hall–Kier alpha value is 0.0787. The summed E-state index contributed by atoms with van der Waals surface area (Å²) in [5, 5.41) is 0. The topological polar surface area (TPSA) is 13.1 Å². The molecule has 1 aromatic heterocycles. The van der Waals surface area contributed by atoms with Crippen LogP contribution in [0.5, 0.6) is 0 Å². The normalized spacial score (nSPS) is 8.83. The van der Waals surface area contributed by atoms with Gasteiger partial charge in [0.15, 0.2) is 0 Å². The third kappa shape index (κ3) is 0.772. The van der Waals surface area contributed by atoms with Crippen molar-refractivity contribution in [2.75, 3.05) is 0 Å². The van der Waals surface area contributed by atoms with Crippen molar-refractivity contribution in [3.8, 4) is 0 Å². The van der Waals surface area contributed by atoms with Crippen LogP contribution in [0.2, 0.25) is 0 Å². The molecule has 29 valence electrons. The first-order valence-corrected chi connectivity index (χ1v) is 3.06. The van der Waals surface area contributed by atoms with Gasteiger partial charge < -0.3 is 0 Å². The summed E-state index contributed by atoms with van der Waals surface area (Å²) >= 11 is 1.41. The molecular weight excluding hydrogens is 183 g/mol. The summed E-state index contributed by atoms with van der Waals surface area (Å²) < 4.78 is 6.00. The van der Waals surface area contributed by atoms with Gasteiger partial charge in [-0.1, -0.05) is 0 Å². The van der Waals surface area contributed by atoms with Gasteiger partial charge in [0, 0.05) is 0 Å². The van der Waals surface area contributed by atoms with Gasteiger partial charge in [0.05, 0.1) is 0 Å². The molecule has 0 spiro atoms. The molecular formula is C4H3OSn.